The fourth-order valence-electron chi connectivity index (χ4n) is 3.31. The van der Waals surface area contributed by atoms with Gasteiger partial charge in [0.05, 0.1) is 23.1 Å². The molecule has 0 radical (unpaired) electrons. The molecule has 3 aromatic rings. The number of rotatable bonds is 5. The van der Waals surface area contributed by atoms with Crippen LogP contribution in [0.2, 0.25) is 0 Å². The highest BCUT2D eigenvalue weighted by Crippen LogP contribution is 2.45. The Morgan fingerprint density at radius 2 is 1.83 bits per heavy atom. The number of anilines is 1. The minimum Gasteiger partial charge on any atom is -0.320 e. The van der Waals surface area contributed by atoms with Crippen LogP contribution in [0.3, 0.4) is 0 Å². The van der Waals surface area contributed by atoms with Crippen molar-refractivity contribution in [3.05, 3.63) is 71.2 Å². The van der Waals surface area contributed by atoms with E-state index in [-0.39, 0.29) is 18.0 Å². The third kappa shape index (κ3) is 3.87. The molecule has 1 N–H and O–H groups in total. The van der Waals surface area contributed by atoms with Crippen LogP contribution in [0.15, 0.2) is 42.6 Å². The van der Waals surface area contributed by atoms with Crippen molar-refractivity contribution in [3.8, 4) is 5.82 Å². The van der Waals surface area contributed by atoms with Gasteiger partial charge >= 0.3 is 0 Å². The molecule has 8 heteroatoms. The first kappa shape index (κ1) is 19.5. The van der Waals surface area contributed by atoms with Gasteiger partial charge in [-0.1, -0.05) is 6.07 Å². The highest BCUT2D eigenvalue weighted by molar-refractivity contribution is 6.04. The Labute approximate surface area is 172 Å². The molecule has 0 spiro atoms. The van der Waals surface area contributed by atoms with Crippen LogP contribution in [0.4, 0.5) is 14.5 Å². The summed E-state index contributed by atoms with van der Waals surface area (Å²) < 4.78 is 29.0. The summed E-state index contributed by atoms with van der Waals surface area (Å²) >= 11 is 0. The molecule has 5 rings (SSSR count). The Bertz CT molecular complexity index is 1060. The Morgan fingerprint density at radius 3 is 2.48 bits per heavy atom. The number of halogens is 3. The minimum absolute atomic E-state index is 0. The fourth-order valence-corrected chi connectivity index (χ4v) is 3.31. The zero-order valence-electron chi connectivity index (χ0n) is 15.4. The minimum atomic E-state index is -1.16. The molecule has 29 heavy (non-hydrogen) atoms. The highest BCUT2D eigenvalue weighted by Gasteiger charge is 2.33. The van der Waals surface area contributed by atoms with E-state index in [1.165, 1.54) is 49.7 Å². The summed E-state index contributed by atoms with van der Waals surface area (Å²) in [5.41, 5.74) is 2.37. The molecule has 150 valence electrons. The van der Waals surface area contributed by atoms with Gasteiger partial charge in [-0.25, -0.2) is 18.4 Å². The molecule has 0 atom stereocenters. The summed E-state index contributed by atoms with van der Waals surface area (Å²) in [5.74, 6) is -1.15. The van der Waals surface area contributed by atoms with Gasteiger partial charge in [-0.2, -0.15) is 5.10 Å². The summed E-state index contributed by atoms with van der Waals surface area (Å²) in [7, 11) is 0. The fraction of sp³-hybridized carbons (Fsp3) is 0.286. The van der Waals surface area contributed by atoms with Gasteiger partial charge in [-0.15, -0.1) is 12.4 Å². The summed E-state index contributed by atoms with van der Waals surface area (Å²) in [4.78, 5) is 16.6. The average Bonchev–Trinajstić information content (AvgIpc) is 3.63. The van der Waals surface area contributed by atoms with Gasteiger partial charge in [-0.3, -0.25) is 4.79 Å². The van der Waals surface area contributed by atoms with Crippen LogP contribution in [-0.4, -0.2) is 20.7 Å². The summed E-state index contributed by atoms with van der Waals surface area (Å²) in [6.07, 6.45) is 6.22. The molecule has 2 aliphatic carbocycles. The van der Waals surface area contributed by atoms with E-state index in [1.54, 1.807) is 12.1 Å². The Balaban J connectivity index is 0.00000205. The summed E-state index contributed by atoms with van der Waals surface area (Å²) in [5, 5.41) is 7.29. The van der Waals surface area contributed by atoms with Gasteiger partial charge in [0.15, 0.2) is 17.5 Å². The Kier molecular flexibility index (Phi) is 5.08. The molecule has 0 bridgehead atoms. The molecule has 2 saturated carbocycles. The number of benzene rings is 1. The van der Waals surface area contributed by atoms with E-state index >= 15 is 0 Å². The molecular formula is C21H19ClF2N4O. The number of carbonyl (C=O) groups excluding carboxylic acids is 1. The topological polar surface area (TPSA) is 59.8 Å². The van der Waals surface area contributed by atoms with Crippen molar-refractivity contribution in [3.63, 3.8) is 0 Å². The molecule has 2 fully saturated rings. The van der Waals surface area contributed by atoms with Crippen LogP contribution in [0.5, 0.6) is 0 Å². The summed E-state index contributed by atoms with van der Waals surface area (Å²) in [6.45, 7) is 0. The number of carbonyl (C=O) groups is 1. The van der Waals surface area contributed by atoms with Crippen molar-refractivity contribution >= 4 is 24.0 Å². The van der Waals surface area contributed by atoms with Gasteiger partial charge in [0.1, 0.15) is 0 Å². The second-order valence-corrected chi connectivity index (χ2v) is 7.41. The van der Waals surface area contributed by atoms with Gasteiger partial charge < -0.3 is 5.32 Å². The van der Waals surface area contributed by atoms with Crippen molar-refractivity contribution in [2.24, 2.45) is 0 Å². The number of amides is 1. The lowest BCUT2D eigenvalue weighted by molar-refractivity contribution is 0.102. The number of hydrogen-bond acceptors (Lipinski definition) is 3. The SMILES string of the molecule is Cl.O=C(Nc1ccc(-n2nc(C3CC3)cc2C2CC2)nc1)c1cccc(F)c1F. The third-order valence-corrected chi connectivity index (χ3v) is 5.17. The van der Waals surface area contributed by atoms with Crippen LogP contribution in [0.1, 0.15) is 59.3 Å². The van der Waals surface area contributed by atoms with Gasteiger partial charge in [0.25, 0.3) is 5.91 Å². The normalized spacial score (nSPS) is 15.7. The quantitative estimate of drug-likeness (QED) is 0.638. The number of pyridine rings is 1. The molecule has 0 aliphatic heterocycles. The Hall–Kier alpha value is -2.80. The van der Waals surface area contributed by atoms with E-state index < -0.39 is 17.5 Å². The van der Waals surface area contributed by atoms with Gasteiger partial charge in [0.2, 0.25) is 0 Å². The molecule has 2 aromatic heterocycles. The number of nitrogens with one attached hydrogen (secondary N) is 1. The van der Waals surface area contributed by atoms with E-state index in [9.17, 15) is 13.6 Å². The van der Waals surface area contributed by atoms with E-state index in [1.807, 2.05) is 4.68 Å². The van der Waals surface area contributed by atoms with Crippen molar-refractivity contribution < 1.29 is 13.6 Å². The number of aromatic nitrogens is 3. The van der Waals surface area contributed by atoms with Crippen molar-refractivity contribution in [1.82, 2.24) is 14.8 Å². The molecule has 2 aliphatic rings. The van der Waals surface area contributed by atoms with Crippen LogP contribution in [0, 0.1) is 11.6 Å². The second-order valence-electron chi connectivity index (χ2n) is 7.41. The molecule has 5 nitrogen and oxygen atoms in total. The zero-order chi connectivity index (χ0) is 19.3. The summed E-state index contributed by atoms with van der Waals surface area (Å²) in [6, 6.07) is 9.16. The maximum atomic E-state index is 13.8. The smallest absolute Gasteiger partial charge is 0.258 e. The maximum Gasteiger partial charge on any atom is 0.258 e. The molecular weight excluding hydrogens is 398 g/mol. The lowest BCUT2D eigenvalue weighted by Crippen LogP contribution is -2.15. The van der Waals surface area contributed by atoms with Crippen LogP contribution >= 0.6 is 12.4 Å². The first-order valence-corrected chi connectivity index (χ1v) is 9.42. The number of hydrogen-bond donors (Lipinski definition) is 1. The van der Waals surface area contributed by atoms with E-state index in [4.69, 9.17) is 5.10 Å². The first-order chi connectivity index (χ1) is 13.6. The zero-order valence-corrected chi connectivity index (χ0v) is 16.3. The molecule has 0 unspecified atom stereocenters. The van der Waals surface area contributed by atoms with Crippen LogP contribution in [-0.2, 0) is 0 Å². The predicted molar refractivity (Wildman–Crippen MR) is 107 cm³/mol. The molecule has 1 aromatic carbocycles. The highest BCUT2D eigenvalue weighted by atomic mass is 35.5. The molecule has 1 amide bonds. The number of nitrogens with zero attached hydrogens (tertiary/aromatic N) is 3. The Morgan fingerprint density at radius 1 is 1.07 bits per heavy atom. The second kappa shape index (κ2) is 7.55. The van der Waals surface area contributed by atoms with Gasteiger partial charge in [0, 0.05) is 17.5 Å². The monoisotopic (exact) mass is 416 g/mol. The first-order valence-electron chi connectivity index (χ1n) is 9.42. The lowest BCUT2D eigenvalue weighted by atomic mass is 10.2. The molecule has 0 saturated heterocycles. The largest absolute Gasteiger partial charge is 0.320 e. The average molecular weight is 417 g/mol. The van der Waals surface area contributed by atoms with Gasteiger partial charge in [-0.05, 0) is 56.0 Å². The lowest BCUT2D eigenvalue weighted by Gasteiger charge is -2.09. The standard InChI is InChI=1S/C21H18F2N4O.ClH/c22-16-3-1-2-15(20(16)23)21(28)25-14-8-9-19(24-11-14)27-18(13-6-7-13)10-17(26-27)12-4-5-12;/h1-3,8-13H,4-7H2,(H,25,28);1H. The predicted octanol–water partition coefficient (Wildman–Crippen LogP) is 4.97. The van der Waals surface area contributed by atoms with E-state index in [0.29, 0.717) is 23.3 Å². The molecule has 2 heterocycles. The maximum absolute atomic E-state index is 13.8. The van der Waals surface area contributed by atoms with Crippen LogP contribution in [0.25, 0.3) is 5.82 Å². The van der Waals surface area contributed by atoms with E-state index in [2.05, 4.69) is 16.4 Å². The third-order valence-electron chi connectivity index (χ3n) is 5.17. The van der Waals surface area contributed by atoms with Crippen LogP contribution < -0.4 is 5.32 Å². The van der Waals surface area contributed by atoms with E-state index in [0.717, 1.165) is 11.8 Å². The van der Waals surface area contributed by atoms with Crippen molar-refractivity contribution in [2.45, 2.75) is 37.5 Å². The van der Waals surface area contributed by atoms with Crippen molar-refractivity contribution in [1.29, 1.82) is 0 Å². The van der Waals surface area contributed by atoms with Crippen molar-refractivity contribution in [2.75, 3.05) is 5.32 Å².